The number of anilines is 4. The number of benzene rings is 3. The zero-order valence-corrected chi connectivity index (χ0v) is 33.3. The molecule has 3 aromatic rings. The second kappa shape index (κ2) is 16.4. The molecule has 4 amide bonds. The summed E-state index contributed by atoms with van der Waals surface area (Å²) in [6.45, 7) is 9.20. The molecule has 0 aromatic heterocycles. The maximum Gasteiger partial charge on any atom is 0.253 e. The number of carbonyl (C=O) groups excluding carboxylic acids is 4. The molecular weight excluding hydrogens is 740 g/mol. The number of halogens is 1. The van der Waals surface area contributed by atoms with E-state index in [0.29, 0.717) is 61.6 Å². The van der Waals surface area contributed by atoms with E-state index >= 15 is 0 Å². The Hall–Kier alpha value is -5.12. The fourth-order valence-electron chi connectivity index (χ4n) is 9.67. The van der Waals surface area contributed by atoms with Crippen LogP contribution < -0.4 is 25.3 Å². The quantitative estimate of drug-likeness (QED) is 0.284. The van der Waals surface area contributed by atoms with Crippen molar-refractivity contribution >= 4 is 58.0 Å². The average Bonchev–Trinajstić information content (AvgIpc) is 3.54. The summed E-state index contributed by atoms with van der Waals surface area (Å²) in [5.41, 5.74) is 5.28. The number of piperidine rings is 3. The lowest BCUT2D eigenvalue weighted by atomic mass is 9.76. The lowest BCUT2D eigenvalue weighted by Gasteiger charge is -2.40. The van der Waals surface area contributed by atoms with Gasteiger partial charge >= 0.3 is 0 Å². The van der Waals surface area contributed by atoms with Crippen molar-refractivity contribution in [2.24, 2.45) is 11.3 Å². The molecule has 5 fully saturated rings. The van der Waals surface area contributed by atoms with E-state index in [2.05, 4.69) is 50.5 Å². The number of imide groups is 1. The number of rotatable bonds is 8. The van der Waals surface area contributed by atoms with E-state index in [1.165, 1.54) is 0 Å². The Kier molecular flexibility index (Phi) is 11.1. The third kappa shape index (κ3) is 8.46. The summed E-state index contributed by atoms with van der Waals surface area (Å²) >= 11 is 6.38. The fourth-order valence-corrected chi connectivity index (χ4v) is 9.88. The number of hydrogen-bond acceptors (Lipinski definition) is 9. The van der Waals surface area contributed by atoms with E-state index in [1.54, 1.807) is 4.90 Å². The number of nitriles is 1. The standard InChI is InChI=1S/C44H51ClN8O4/c1-30-25-44(29-53(30)37-10-7-33(26-46)38(45)24-37)15-19-50(20-16-44)35-8-5-32(6-9-35)43(57)51-17-13-31(14-18-51)27-49-21-22-52(41(55)28-49)36-4-2-3-34(23-36)47-39-11-12-40(54)48-42(39)56/h2-10,23-24,30-31,39,47H,11-22,25,27-29H2,1H3,(H,48,54,56)/t30-,39?/m0/s1. The molecule has 2 N–H and O–H groups in total. The minimum absolute atomic E-state index is 0.0461. The second-order valence-electron chi connectivity index (χ2n) is 16.7. The van der Waals surface area contributed by atoms with E-state index in [-0.39, 0.29) is 29.0 Å². The van der Waals surface area contributed by atoms with Gasteiger partial charge in [-0.3, -0.25) is 29.4 Å². The van der Waals surface area contributed by atoms with Crippen LogP contribution in [0.25, 0.3) is 0 Å². The highest BCUT2D eigenvalue weighted by Crippen LogP contribution is 2.46. The number of nitrogens with one attached hydrogen (secondary N) is 2. The number of nitrogens with zero attached hydrogens (tertiary/aromatic N) is 6. The molecule has 2 atom stereocenters. The van der Waals surface area contributed by atoms with Crippen LogP contribution in [0.5, 0.6) is 0 Å². The van der Waals surface area contributed by atoms with Gasteiger partial charge in [0.2, 0.25) is 17.7 Å². The van der Waals surface area contributed by atoms with E-state index in [0.717, 1.165) is 93.1 Å². The normalized spacial score (nSPS) is 23.1. The Morgan fingerprint density at radius 3 is 2.37 bits per heavy atom. The van der Waals surface area contributed by atoms with Crippen LogP contribution in [0.4, 0.5) is 22.7 Å². The summed E-state index contributed by atoms with van der Waals surface area (Å²) in [6.07, 6.45) is 5.92. The first-order valence-corrected chi connectivity index (χ1v) is 20.8. The number of hydrogen-bond donors (Lipinski definition) is 2. The molecule has 8 rings (SSSR count). The van der Waals surface area contributed by atoms with Gasteiger partial charge in [0.25, 0.3) is 5.91 Å². The molecule has 5 aliphatic heterocycles. The van der Waals surface area contributed by atoms with Crippen LogP contribution in [0.15, 0.2) is 66.7 Å². The summed E-state index contributed by atoms with van der Waals surface area (Å²) < 4.78 is 0. The Labute approximate surface area is 339 Å². The number of piperazine rings is 1. The van der Waals surface area contributed by atoms with Gasteiger partial charge in [0.05, 0.1) is 17.1 Å². The molecule has 0 saturated carbocycles. The molecule has 57 heavy (non-hydrogen) atoms. The molecule has 1 spiro atoms. The highest BCUT2D eigenvalue weighted by Gasteiger charge is 2.44. The van der Waals surface area contributed by atoms with Crippen molar-refractivity contribution in [3.05, 3.63) is 82.9 Å². The van der Waals surface area contributed by atoms with Gasteiger partial charge < -0.3 is 24.9 Å². The average molecular weight is 791 g/mol. The van der Waals surface area contributed by atoms with Crippen LogP contribution in [-0.4, -0.2) is 104 Å². The lowest BCUT2D eigenvalue weighted by Crippen LogP contribution is -2.52. The highest BCUT2D eigenvalue weighted by atomic mass is 35.5. The number of carbonyl (C=O) groups is 4. The topological polar surface area (TPSA) is 132 Å². The fraction of sp³-hybridized carbons (Fsp3) is 0.477. The van der Waals surface area contributed by atoms with Crippen LogP contribution in [0, 0.1) is 22.7 Å². The Bertz CT molecular complexity index is 2050. The summed E-state index contributed by atoms with van der Waals surface area (Å²) in [6, 6.07) is 23.6. The van der Waals surface area contributed by atoms with Crippen molar-refractivity contribution in [2.45, 2.75) is 64.0 Å². The van der Waals surface area contributed by atoms with E-state index in [4.69, 9.17) is 11.6 Å². The Balaban J connectivity index is 0.775. The van der Waals surface area contributed by atoms with Crippen molar-refractivity contribution < 1.29 is 19.2 Å². The zero-order chi connectivity index (χ0) is 39.7. The first-order valence-electron chi connectivity index (χ1n) is 20.4. The predicted molar refractivity (Wildman–Crippen MR) is 222 cm³/mol. The molecule has 0 bridgehead atoms. The van der Waals surface area contributed by atoms with Gasteiger partial charge in [-0.15, -0.1) is 0 Å². The van der Waals surface area contributed by atoms with Crippen LogP contribution in [-0.2, 0) is 14.4 Å². The van der Waals surface area contributed by atoms with Crippen LogP contribution >= 0.6 is 11.6 Å². The molecule has 5 aliphatic rings. The van der Waals surface area contributed by atoms with Crippen LogP contribution in [0.2, 0.25) is 5.02 Å². The van der Waals surface area contributed by atoms with Crippen LogP contribution in [0.1, 0.15) is 67.8 Å². The van der Waals surface area contributed by atoms with Gasteiger partial charge in [0.15, 0.2) is 0 Å². The lowest BCUT2D eigenvalue weighted by molar-refractivity contribution is -0.133. The summed E-state index contributed by atoms with van der Waals surface area (Å²) in [5, 5.41) is 15.4. The van der Waals surface area contributed by atoms with Crippen molar-refractivity contribution in [3.8, 4) is 6.07 Å². The minimum Gasteiger partial charge on any atom is -0.374 e. The first kappa shape index (κ1) is 38.7. The third-order valence-corrected chi connectivity index (χ3v) is 13.2. The van der Waals surface area contributed by atoms with E-state index < -0.39 is 6.04 Å². The Morgan fingerprint density at radius 1 is 0.912 bits per heavy atom. The van der Waals surface area contributed by atoms with Gasteiger partial charge in [0.1, 0.15) is 12.1 Å². The summed E-state index contributed by atoms with van der Waals surface area (Å²) in [4.78, 5) is 61.5. The predicted octanol–water partition coefficient (Wildman–Crippen LogP) is 5.52. The second-order valence-corrected chi connectivity index (χ2v) is 17.1. The van der Waals surface area contributed by atoms with Crippen molar-refractivity contribution in [3.63, 3.8) is 0 Å². The van der Waals surface area contributed by atoms with Crippen molar-refractivity contribution in [1.29, 1.82) is 5.26 Å². The molecule has 13 heteroatoms. The molecule has 12 nitrogen and oxygen atoms in total. The minimum atomic E-state index is -0.481. The molecular formula is C44H51ClN8O4. The maximum atomic E-state index is 13.6. The van der Waals surface area contributed by atoms with Crippen LogP contribution in [0.3, 0.4) is 0 Å². The Morgan fingerprint density at radius 2 is 1.67 bits per heavy atom. The summed E-state index contributed by atoms with van der Waals surface area (Å²) in [7, 11) is 0. The number of likely N-dealkylation sites (tertiary alicyclic amines) is 1. The van der Waals surface area contributed by atoms with Gasteiger partial charge in [0, 0.05) is 93.1 Å². The number of amides is 4. The summed E-state index contributed by atoms with van der Waals surface area (Å²) in [5.74, 6) is -0.0199. The molecule has 1 unspecified atom stereocenters. The van der Waals surface area contributed by atoms with Gasteiger partial charge in [-0.05, 0) is 117 Å². The highest BCUT2D eigenvalue weighted by molar-refractivity contribution is 6.32. The van der Waals surface area contributed by atoms with Gasteiger partial charge in [-0.1, -0.05) is 17.7 Å². The molecule has 5 heterocycles. The molecule has 3 aromatic carbocycles. The van der Waals surface area contributed by atoms with Gasteiger partial charge in [-0.2, -0.15) is 5.26 Å². The van der Waals surface area contributed by atoms with Crippen molar-refractivity contribution in [2.75, 3.05) is 78.9 Å². The third-order valence-electron chi connectivity index (χ3n) is 12.9. The largest absolute Gasteiger partial charge is 0.374 e. The van der Waals surface area contributed by atoms with Crippen molar-refractivity contribution in [1.82, 2.24) is 15.1 Å². The molecule has 298 valence electrons. The first-order chi connectivity index (χ1) is 27.6. The van der Waals surface area contributed by atoms with Gasteiger partial charge in [-0.25, -0.2) is 0 Å². The molecule has 0 aliphatic carbocycles. The molecule has 5 saturated heterocycles. The smallest absolute Gasteiger partial charge is 0.253 e. The monoisotopic (exact) mass is 790 g/mol. The van der Waals surface area contributed by atoms with E-state index in [9.17, 15) is 24.4 Å². The van der Waals surface area contributed by atoms with E-state index in [1.807, 2.05) is 59.5 Å². The molecule has 0 radical (unpaired) electrons. The maximum absolute atomic E-state index is 13.6. The SMILES string of the molecule is C[C@H]1CC2(CCN(c3ccc(C(=O)N4CCC(CN5CCN(c6cccc(NC7CCC(=O)NC7=O)c6)C(=O)C5)CC4)cc3)CC2)CN1c1ccc(C#N)c(Cl)c1. The zero-order valence-electron chi connectivity index (χ0n) is 32.6.